The van der Waals surface area contributed by atoms with Crippen LogP contribution in [0.4, 0.5) is 4.79 Å². The van der Waals surface area contributed by atoms with Gasteiger partial charge >= 0.3 is 6.09 Å². The lowest BCUT2D eigenvalue weighted by Crippen LogP contribution is -2.48. The number of carbonyl (C=O) groups is 1. The topological polar surface area (TPSA) is 76.4 Å². The van der Waals surface area contributed by atoms with E-state index in [4.69, 9.17) is 10.5 Å². The molecule has 0 radical (unpaired) electrons. The summed E-state index contributed by atoms with van der Waals surface area (Å²) >= 11 is 0. The molecule has 0 aromatic carbocycles. The van der Waals surface area contributed by atoms with Gasteiger partial charge in [0.1, 0.15) is 5.60 Å². The maximum atomic E-state index is 11.3. The first-order valence-corrected chi connectivity index (χ1v) is 5.58. The molecule has 0 spiro atoms. The zero-order valence-electron chi connectivity index (χ0n) is 11.0. The van der Waals surface area contributed by atoms with Crippen LogP contribution < -0.4 is 16.4 Å². The summed E-state index contributed by atoms with van der Waals surface area (Å²) in [7, 11) is 0. The molecular formula is C11H25N3O2. The van der Waals surface area contributed by atoms with Crippen molar-refractivity contribution in [3.8, 4) is 0 Å². The molecule has 0 bridgehead atoms. The molecule has 16 heavy (non-hydrogen) atoms. The molecule has 0 aliphatic carbocycles. The Morgan fingerprint density at radius 1 is 1.19 bits per heavy atom. The van der Waals surface area contributed by atoms with Crippen LogP contribution in [-0.4, -0.2) is 36.9 Å². The molecular weight excluding hydrogens is 206 g/mol. The van der Waals surface area contributed by atoms with Crippen LogP contribution in [0.25, 0.3) is 0 Å². The van der Waals surface area contributed by atoms with Crippen molar-refractivity contribution in [1.29, 1.82) is 0 Å². The number of alkyl carbamates (subject to hydrolysis) is 1. The highest BCUT2D eigenvalue weighted by atomic mass is 16.6. The largest absolute Gasteiger partial charge is 0.444 e. The van der Waals surface area contributed by atoms with Crippen molar-refractivity contribution in [2.75, 3.05) is 19.6 Å². The molecule has 0 aliphatic rings. The summed E-state index contributed by atoms with van der Waals surface area (Å²) in [4.78, 5) is 11.3. The summed E-state index contributed by atoms with van der Waals surface area (Å²) in [5, 5.41) is 5.90. The van der Waals surface area contributed by atoms with Gasteiger partial charge < -0.3 is 21.1 Å². The number of hydrogen-bond donors (Lipinski definition) is 3. The van der Waals surface area contributed by atoms with Crippen LogP contribution >= 0.6 is 0 Å². The third-order valence-corrected chi connectivity index (χ3v) is 1.91. The summed E-state index contributed by atoms with van der Waals surface area (Å²) in [6.07, 6.45) is -0.389. The number of nitrogens with one attached hydrogen (secondary N) is 2. The molecule has 0 unspecified atom stereocenters. The first-order chi connectivity index (χ1) is 7.16. The van der Waals surface area contributed by atoms with Gasteiger partial charge in [-0.2, -0.15) is 0 Å². The van der Waals surface area contributed by atoms with Gasteiger partial charge in [-0.25, -0.2) is 4.79 Å². The van der Waals surface area contributed by atoms with Gasteiger partial charge in [0.2, 0.25) is 0 Å². The molecule has 0 atom stereocenters. The molecule has 4 N–H and O–H groups in total. The van der Waals surface area contributed by atoms with E-state index in [0.29, 0.717) is 19.6 Å². The second-order valence-corrected chi connectivity index (χ2v) is 5.44. The Balaban J connectivity index is 3.64. The summed E-state index contributed by atoms with van der Waals surface area (Å²) in [5.41, 5.74) is 5.01. The zero-order valence-corrected chi connectivity index (χ0v) is 11.0. The molecule has 0 rings (SSSR count). The van der Waals surface area contributed by atoms with E-state index in [0.717, 1.165) is 0 Å². The standard InChI is InChI=1S/C11H25N3O2/c1-10(2,3)16-9(15)13-6-7-14-11(4,5)8-12/h14H,6-8,12H2,1-5H3,(H,13,15). The van der Waals surface area contributed by atoms with E-state index in [2.05, 4.69) is 10.6 Å². The summed E-state index contributed by atoms with van der Waals surface area (Å²) in [6, 6.07) is 0. The SMILES string of the molecule is CC(C)(CN)NCCNC(=O)OC(C)(C)C. The molecule has 96 valence electrons. The maximum Gasteiger partial charge on any atom is 0.407 e. The first-order valence-electron chi connectivity index (χ1n) is 5.58. The highest BCUT2D eigenvalue weighted by molar-refractivity contribution is 5.67. The molecule has 0 aromatic rings. The van der Waals surface area contributed by atoms with Crippen LogP contribution in [-0.2, 0) is 4.74 Å². The monoisotopic (exact) mass is 231 g/mol. The predicted molar refractivity (Wildman–Crippen MR) is 65.4 cm³/mol. The van der Waals surface area contributed by atoms with E-state index >= 15 is 0 Å². The van der Waals surface area contributed by atoms with Gasteiger partial charge in [-0.3, -0.25) is 0 Å². The molecule has 0 aliphatic heterocycles. The van der Waals surface area contributed by atoms with Crippen molar-refractivity contribution >= 4 is 6.09 Å². The molecule has 0 fully saturated rings. The number of ether oxygens (including phenoxy) is 1. The average molecular weight is 231 g/mol. The van der Waals surface area contributed by atoms with Gasteiger partial charge in [0.15, 0.2) is 0 Å². The molecule has 5 heteroatoms. The Morgan fingerprint density at radius 2 is 1.75 bits per heavy atom. The lowest BCUT2D eigenvalue weighted by Gasteiger charge is -2.24. The van der Waals surface area contributed by atoms with Gasteiger partial charge in [-0.1, -0.05) is 0 Å². The van der Waals surface area contributed by atoms with Crippen LogP contribution in [0.2, 0.25) is 0 Å². The number of nitrogens with two attached hydrogens (primary N) is 1. The third kappa shape index (κ3) is 8.49. The Labute approximate surface area is 98.1 Å². The van der Waals surface area contributed by atoms with Crippen molar-refractivity contribution in [2.24, 2.45) is 5.73 Å². The van der Waals surface area contributed by atoms with E-state index in [1.54, 1.807) is 0 Å². The molecule has 1 amide bonds. The minimum absolute atomic E-state index is 0.102. The van der Waals surface area contributed by atoms with Gasteiger partial charge in [0.25, 0.3) is 0 Å². The van der Waals surface area contributed by atoms with Gasteiger partial charge in [-0.05, 0) is 34.6 Å². The predicted octanol–water partition coefficient (Wildman–Crippen LogP) is 0.838. The van der Waals surface area contributed by atoms with Crippen LogP contribution in [0, 0.1) is 0 Å². The number of hydrogen-bond acceptors (Lipinski definition) is 4. The van der Waals surface area contributed by atoms with Crippen molar-refractivity contribution in [1.82, 2.24) is 10.6 Å². The lowest BCUT2D eigenvalue weighted by molar-refractivity contribution is 0.0527. The van der Waals surface area contributed by atoms with E-state index in [-0.39, 0.29) is 11.6 Å². The normalized spacial score (nSPS) is 12.4. The average Bonchev–Trinajstić information content (AvgIpc) is 2.10. The number of amides is 1. The van der Waals surface area contributed by atoms with Crippen molar-refractivity contribution in [2.45, 2.75) is 45.8 Å². The Hall–Kier alpha value is -0.810. The van der Waals surface area contributed by atoms with Crippen molar-refractivity contribution in [3.63, 3.8) is 0 Å². The van der Waals surface area contributed by atoms with E-state index < -0.39 is 5.60 Å². The van der Waals surface area contributed by atoms with Gasteiger partial charge in [-0.15, -0.1) is 0 Å². The number of carbonyl (C=O) groups excluding carboxylic acids is 1. The van der Waals surface area contributed by atoms with Crippen LogP contribution in [0.3, 0.4) is 0 Å². The molecule has 0 aromatic heterocycles. The fourth-order valence-corrected chi connectivity index (χ4v) is 0.952. The smallest absolute Gasteiger partial charge is 0.407 e. The van der Waals surface area contributed by atoms with Crippen molar-refractivity contribution in [3.05, 3.63) is 0 Å². The Morgan fingerprint density at radius 3 is 2.19 bits per heavy atom. The Bertz CT molecular complexity index is 222. The Kier molecular flexibility index (Phi) is 5.75. The second kappa shape index (κ2) is 6.06. The van der Waals surface area contributed by atoms with Gasteiger partial charge in [0.05, 0.1) is 0 Å². The van der Waals surface area contributed by atoms with Gasteiger partial charge in [0, 0.05) is 25.2 Å². The minimum atomic E-state index is -0.450. The van der Waals surface area contributed by atoms with Crippen LogP contribution in [0.5, 0.6) is 0 Å². The molecule has 5 nitrogen and oxygen atoms in total. The van der Waals surface area contributed by atoms with Crippen molar-refractivity contribution < 1.29 is 9.53 Å². The highest BCUT2D eigenvalue weighted by Crippen LogP contribution is 2.06. The van der Waals surface area contributed by atoms with E-state index in [9.17, 15) is 4.79 Å². The van der Waals surface area contributed by atoms with E-state index in [1.165, 1.54) is 0 Å². The molecule has 0 saturated carbocycles. The fourth-order valence-electron chi connectivity index (χ4n) is 0.952. The molecule has 0 heterocycles. The minimum Gasteiger partial charge on any atom is -0.444 e. The lowest BCUT2D eigenvalue weighted by atomic mass is 10.1. The zero-order chi connectivity index (χ0) is 12.8. The second-order valence-electron chi connectivity index (χ2n) is 5.44. The van der Waals surface area contributed by atoms with E-state index in [1.807, 2.05) is 34.6 Å². The van der Waals surface area contributed by atoms with Crippen LogP contribution in [0.1, 0.15) is 34.6 Å². The highest BCUT2D eigenvalue weighted by Gasteiger charge is 2.16. The first kappa shape index (κ1) is 15.2. The third-order valence-electron chi connectivity index (χ3n) is 1.91. The fraction of sp³-hybridized carbons (Fsp3) is 0.909. The quantitative estimate of drug-likeness (QED) is 0.613. The summed E-state index contributed by atoms with van der Waals surface area (Å²) < 4.78 is 5.09. The maximum absolute atomic E-state index is 11.3. The summed E-state index contributed by atoms with van der Waals surface area (Å²) in [5.74, 6) is 0. The van der Waals surface area contributed by atoms with Crippen LogP contribution in [0.15, 0.2) is 0 Å². The molecule has 0 saturated heterocycles. The number of rotatable bonds is 5. The summed E-state index contributed by atoms with van der Waals surface area (Å²) in [6.45, 7) is 11.3.